The van der Waals surface area contributed by atoms with E-state index in [9.17, 15) is 28.8 Å². The van der Waals surface area contributed by atoms with Gasteiger partial charge in [-0.15, -0.1) is 0 Å². The van der Waals surface area contributed by atoms with Crippen molar-refractivity contribution in [1.29, 1.82) is 0 Å². The van der Waals surface area contributed by atoms with Gasteiger partial charge >= 0.3 is 0 Å². The molecule has 2 fully saturated rings. The van der Waals surface area contributed by atoms with Gasteiger partial charge in [0.25, 0.3) is 23.6 Å². The second-order valence-electron chi connectivity index (χ2n) is 15.4. The topological polar surface area (TPSA) is 237 Å². The Hall–Kier alpha value is -7.05. The Balaban J connectivity index is 0.796. The van der Waals surface area contributed by atoms with Crippen LogP contribution in [0, 0.1) is 5.92 Å². The van der Waals surface area contributed by atoms with Crippen molar-refractivity contribution in [2.45, 2.75) is 51.1 Å². The molecule has 1 atom stereocenters. The predicted molar refractivity (Wildman–Crippen MR) is 220 cm³/mol. The van der Waals surface area contributed by atoms with Crippen LogP contribution >= 0.6 is 0 Å². The monoisotopic (exact) mass is 828 g/mol. The minimum Gasteiger partial charge on any atom is -0.444 e. The molecule has 18 nitrogen and oxygen atoms in total. The summed E-state index contributed by atoms with van der Waals surface area (Å²) < 4.78 is 13.0. The molecular formula is C43H44N10O8. The van der Waals surface area contributed by atoms with Gasteiger partial charge in [0.15, 0.2) is 11.4 Å². The van der Waals surface area contributed by atoms with Crippen LogP contribution in [0.15, 0.2) is 77.7 Å². The molecule has 6 amide bonds. The summed E-state index contributed by atoms with van der Waals surface area (Å²) in [5.74, 6) is -1.89. The van der Waals surface area contributed by atoms with E-state index >= 15 is 0 Å². The van der Waals surface area contributed by atoms with E-state index < -0.39 is 41.5 Å². The van der Waals surface area contributed by atoms with E-state index in [-0.39, 0.29) is 41.4 Å². The number of aryl methyl sites for hydroxylation is 1. The number of benzene rings is 2. The standard InChI is InChI=1S/C43H44N10O8/c1-51(17-19-60-18-3-5-27-4-2-6-30-36(27)43(59)53(42(30)58)33-13-14-35(54)49-40(33)57)22-26-9-11-29(12-10-26)52-23-31(37(50-52)38(44)55)47-39(56)32-24-61-41(48-32)28-15-16-45-34(20-28)46-21-25-7-8-25/h2,4,6,9-12,15-16,20,23-25,33H,3,5,7-8,13-14,17-19,21-22H2,1H3,(H2,44,55)(H,45,46)(H,47,56)(H,49,54,57). The van der Waals surface area contributed by atoms with Gasteiger partial charge in [-0.3, -0.25) is 43.9 Å². The highest BCUT2D eigenvalue weighted by Crippen LogP contribution is 2.31. The third-order valence-corrected chi connectivity index (χ3v) is 10.8. The van der Waals surface area contributed by atoms with Gasteiger partial charge in [-0.05, 0) is 86.5 Å². The highest BCUT2D eigenvalue weighted by Gasteiger charge is 2.45. The molecule has 3 aliphatic rings. The Morgan fingerprint density at radius 1 is 1.03 bits per heavy atom. The van der Waals surface area contributed by atoms with Gasteiger partial charge < -0.3 is 25.5 Å². The lowest BCUT2D eigenvalue weighted by Gasteiger charge is -2.27. The molecule has 2 aliphatic heterocycles. The number of pyridine rings is 1. The fraction of sp³-hybridized carbons (Fsp3) is 0.326. The second-order valence-corrected chi connectivity index (χ2v) is 15.4. The van der Waals surface area contributed by atoms with Gasteiger partial charge in [0.2, 0.25) is 17.7 Å². The van der Waals surface area contributed by atoms with Crippen LogP contribution in [0.4, 0.5) is 11.5 Å². The van der Waals surface area contributed by atoms with Crippen molar-refractivity contribution in [1.82, 2.24) is 34.9 Å². The number of piperidine rings is 1. The third kappa shape index (κ3) is 9.24. The summed E-state index contributed by atoms with van der Waals surface area (Å²) in [6, 6.07) is 15.2. The molecule has 5 heterocycles. The number of ether oxygens (including phenoxy) is 1. The molecule has 2 aromatic carbocycles. The number of rotatable bonds is 18. The van der Waals surface area contributed by atoms with Gasteiger partial charge in [0.1, 0.15) is 18.1 Å². The van der Waals surface area contributed by atoms with Crippen molar-refractivity contribution in [2.24, 2.45) is 11.7 Å². The molecule has 3 aromatic heterocycles. The summed E-state index contributed by atoms with van der Waals surface area (Å²) in [5.41, 5.74) is 9.24. The summed E-state index contributed by atoms with van der Waals surface area (Å²) in [6.45, 7) is 3.04. The third-order valence-electron chi connectivity index (χ3n) is 10.8. The lowest BCUT2D eigenvalue weighted by atomic mass is 9.99. The molecule has 5 aromatic rings. The van der Waals surface area contributed by atoms with E-state index in [0.717, 1.165) is 17.0 Å². The van der Waals surface area contributed by atoms with E-state index in [1.54, 1.807) is 30.5 Å². The predicted octanol–water partition coefficient (Wildman–Crippen LogP) is 3.58. The van der Waals surface area contributed by atoms with E-state index in [2.05, 4.69) is 35.9 Å². The SMILES string of the molecule is CN(CCOCCCc1cccc2c1C(=O)N(C1CCC(=O)NC1=O)C2=O)Cc1ccc(-n2cc(NC(=O)c3coc(-c4ccnc(NCC5CC5)c4)n3)c(C(N)=O)n2)cc1. The van der Waals surface area contributed by atoms with E-state index in [0.29, 0.717) is 73.3 Å². The normalized spacial score (nSPS) is 16.2. The Kier molecular flexibility index (Phi) is 11.8. The molecule has 1 aliphatic carbocycles. The lowest BCUT2D eigenvalue weighted by molar-refractivity contribution is -0.136. The Morgan fingerprint density at radius 2 is 1.85 bits per heavy atom. The van der Waals surface area contributed by atoms with Crippen LogP contribution in [0.2, 0.25) is 0 Å². The first-order valence-corrected chi connectivity index (χ1v) is 20.1. The number of hydrogen-bond donors (Lipinski definition) is 4. The van der Waals surface area contributed by atoms with Gasteiger partial charge in [-0.25, -0.2) is 14.6 Å². The first-order valence-electron chi connectivity index (χ1n) is 20.1. The number of primary amides is 1. The molecule has 5 N–H and O–H groups in total. The number of aromatic nitrogens is 4. The van der Waals surface area contributed by atoms with E-state index in [1.165, 1.54) is 30.0 Å². The molecule has 0 bridgehead atoms. The summed E-state index contributed by atoms with van der Waals surface area (Å²) in [5, 5.41) is 12.5. The molecular weight excluding hydrogens is 785 g/mol. The maximum atomic E-state index is 13.4. The number of carbonyl (C=O) groups excluding carboxylic acids is 6. The second kappa shape index (κ2) is 17.7. The number of nitrogens with zero attached hydrogens (tertiary/aromatic N) is 6. The zero-order valence-electron chi connectivity index (χ0n) is 33.4. The van der Waals surface area contributed by atoms with Crippen LogP contribution in [0.25, 0.3) is 17.1 Å². The van der Waals surface area contributed by atoms with Crippen LogP contribution in [0.1, 0.15) is 84.9 Å². The molecule has 0 spiro atoms. The lowest BCUT2D eigenvalue weighted by Crippen LogP contribution is -2.54. The van der Waals surface area contributed by atoms with E-state index in [4.69, 9.17) is 14.9 Å². The van der Waals surface area contributed by atoms with E-state index in [1.807, 2.05) is 37.4 Å². The Morgan fingerprint density at radius 3 is 2.62 bits per heavy atom. The largest absolute Gasteiger partial charge is 0.444 e. The van der Waals surface area contributed by atoms with Gasteiger partial charge in [-0.2, -0.15) is 5.10 Å². The minimum absolute atomic E-state index is 0.00874. The molecule has 314 valence electrons. The number of fused-ring (bicyclic) bond motifs is 1. The Bertz CT molecular complexity index is 2510. The summed E-state index contributed by atoms with van der Waals surface area (Å²) in [6.07, 6.45) is 8.12. The molecule has 1 saturated carbocycles. The highest BCUT2D eigenvalue weighted by atomic mass is 16.5. The zero-order valence-corrected chi connectivity index (χ0v) is 33.4. The molecule has 0 radical (unpaired) electrons. The average molecular weight is 829 g/mol. The number of likely N-dealkylation sites (N-methyl/N-ethyl adjacent to an activating group) is 1. The average Bonchev–Trinajstić information content (AvgIpc) is 3.65. The van der Waals surface area contributed by atoms with Crippen molar-refractivity contribution in [2.75, 3.05) is 44.0 Å². The number of anilines is 2. The maximum Gasteiger partial charge on any atom is 0.277 e. The number of nitrogens with one attached hydrogen (secondary N) is 3. The van der Waals surface area contributed by atoms with Gasteiger partial charge in [0.05, 0.1) is 35.3 Å². The fourth-order valence-electron chi connectivity index (χ4n) is 7.33. The number of nitrogens with two attached hydrogens (primary N) is 1. The fourth-order valence-corrected chi connectivity index (χ4v) is 7.33. The Labute approximate surface area is 349 Å². The van der Waals surface area contributed by atoms with Gasteiger partial charge in [0, 0.05) is 44.4 Å². The van der Waals surface area contributed by atoms with Gasteiger partial charge in [-0.1, -0.05) is 24.3 Å². The zero-order chi connectivity index (χ0) is 42.6. The van der Waals surface area contributed by atoms with Crippen molar-refractivity contribution < 1.29 is 37.9 Å². The summed E-state index contributed by atoms with van der Waals surface area (Å²) in [7, 11) is 1.97. The quantitative estimate of drug-likeness (QED) is 0.0731. The van der Waals surface area contributed by atoms with Crippen molar-refractivity contribution >= 4 is 46.9 Å². The van der Waals surface area contributed by atoms with Crippen LogP contribution in [-0.4, -0.2) is 104 Å². The van der Waals surface area contributed by atoms with Crippen LogP contribution < -0.4 is 21.7 Å². The van der Waals surface area contributed by atoms with Crippen molar-refractivity contribution in [3.8, 4) is 17.1 Å². The molecule has 61 heavy (non-hydrogen) atoms. The van der Waals surface area contributed by atoms with Crippen LogP contribution in [0.5, 0.6) is 0 Å². The molecule has 8 rings (SSSR count). The summed E-state index contributed by atoms with van der Waals surface area (Å²) >= 11 is 0. The number of amides is 6. The molecule has 1 unspecified atom stereocenters. The number of hydrogen-bond acceptors (Lipinski definition) is 13. The summed E-state index contributed by atoms with van der Waals surface area (Å²) in [4.78, 5) is 87.8. The van der Waals surface area contributed by atoms with Crippen LogP contribution in [0.3, 0.4) is 0 Å². The number of imide groups is 2. The highest BCUT2D eigenvalue weighted by molar-refractivity contribution is 6.24. The first-order chi connectivity index (χ1) is 29.5. The minimum atomic E-state index is -1.01. The van der Waals surface area contributed by atoms with Crippen LogP contribution in [-0.2, 0) is 27.3 Å². The molecule has 18 heteroatoms. The molecule has 1 saturated heterocycles. The maximum absolute atomic E-state index is 13.4. The first kappa shape index (κ1) is 40.7. The smallest absolute Gasteiger partial charge is 0.277 e. The number of carbonyl (C=O) groups is 6. The van der Waals surface area contributed by atoms with Crippen molar-refractivity contribution in [3.63, 3.8) is 0 Å². The number of oxazole rings is 1. The van der Waals surface area contributed by atoms with Crippen molar-refractivity contribution in [3.05, 3.63) is 107 Å².